The van der Waals surface area contributed by atoms with Crippen LogP contribution in [0.15, 0.2) is 24.7 Å². The van der Waals surface area contributed by atoms with Gasteiger partial charge < -0.3 is 9.80 Å². The number of fused-ring (bicyclic) bond motifs is 1. The minimum Gasteiger partial charge on any atom is -0.343 e. The van der Waals surface area contributed by atoms with Crippen LogP contribution >= 0.6 is 0 Å². The molecule has 0 unspecified atom stereocenters. The largest absolute Gasteiger partial charge is 0.343 e. The molecule has 2 aliphatic rings. The number of hydrogen-bond acceptors (Lipinski definition) is 5. The van der Waals surface area contributed by atoms with Gasteiger partial charge in [-0.15, -0.1) is 0 Å². The van der Waals surface area contributed by atoms with E-state index in [4.69, 9.17) is 0 Å². The molecule has 24 heavy (non-hydrogen) atoms. The zero-order chi connectivity index (χ0) is 16.5. The van der Waals surface area contributed by atoms with Gasteiger partial charge in [-0.3, -0.25) is 9.48 Å². The molecular weight excluding hydrogens is 311 g/mol. The van der Waals surface area contributed by atoms with Crippen molar-refractivity contribution in [1.29, 1.82) is 0 Å². The standard InChI is InChI=1S/C16H19FN6O/c17-12-8-18-16(19-9-12)22-10-13-3-5-20-23(13)14(11-22)4-7-21-6-1-2-15(21)24/h3,5,8-9,14H,1-2,4,6-7,10-11H2/t14-/m1/s1. The van der Waals surface area contributed by atoms with Gasteiger partial charge in [-0.1, -0.05) is 0 Å². The lowest BCUT2D eigenvalue weighted by Gasteiger charge is -2.34. The molecule has 0 spiro atoms. The Hall–Kier alpha value is -2.51. The molecule has 2 aromatic rings. The summed E-state index contributed by atoms with van der Waals surface area (Å²) in [5.74, 6) is 0.321. The number of amides is 1. The minimum atomic E-state index is -0.440. The molecule has 2 aliphatic heterocycles. The van der Waals surface area contributed by atoms with Crippen molar-refractivity contribution in [2.45, 2.75) is 31.8 Å². The second kappa shape index (κ2) is 6.18. The third-order valence-corrected chi connectivity index (χ3v) is 4.68. The van der Waals surface area contributed by atoms with Crippen molar-refractivity contribution >= 4 is 11.9 Å². The monoisotopic (exact) mass is 330 g/mol. The van der Waals surface area contributed by atoms with Crippen LogP contribution in [0.4, 0.5) is 10.3 Å². The summed E-state index contributed by atoms with van der Waals surface area (Å²) in [5.41, 5.74) is 1.08. The average Bonchev–Trinajstić information content (AvgIpc) is 3.22. The van der Waals surface area contributed by atoms with Crippen molar-refractivity contribution in [1.82, 2.24) is 24.6 Å². The van der Waals surface area contributed by atoms with Crippen molar-refractivity contribution < 1.29 is 9.18 Å². The second-order valence-electron chi connectivity index (χ2n) is 6.28. The summed E-state index contributed by atoms with van der Waals surface area (Å²) in [6, 6.07) is 2.12. The fraction of sp³-hybridized carbons (Fsp3) is 0.500. The van der Waals surface area contributed by atoms with Crippen LogP contribution in [-0.2, 0) is 11.3 Å². The summed E-state index contributed by atoms with van der Waals surface area (Å²) in [6.45, 7) is 2.93. The molecule has 8 heteroatoms. The SMILES string of the molecule is O=C1CCCN1CC[C@@H]1CN(c2ncc(F)cn2)Cc2ccnn21. The summed E-state index contributed by atoms with van der Waals surface area (Å²) in [4.78, 5) is 23.9. The van der Waals surface area contributed by atoms with Crippen molar-refractivity contribution in [3.05, 3.63) is 36.2 Å². The number of halogens is 1. The topological polar surface area (TPSA) is 67.2 Å². The van der Waals surface area contributed by atoms with E-state index in [9.17, 15) is 9.18 Å². The summed E-state index contributed by atoms with van der Waals surface area (Å²) in [6.07, 6.45) is 6.61. The number of carbonyl (C=O) groups is 1. The number of hydrogen-bond donors (Lipinski definition) is 0. The van der Waals surface area contributed by atoms with Gasteiger partial charge in [0.1, 0.15) is 0 Å². The van der Waals surface area contributed by atoms with Gasteiger partial charge in [0, 0.05) is 32.3 Å². The smallest absolute Gasteiger partial charge is 0.225 e. The van der Waals surface area contributed by atoms with E-state index in [1.807, 2.05) is 20.5 Å². The van der Waals surface area contributed by atoms with Crippen LogP contribution in [0.3, 0.4) is 0 Å². The number of anilines is 1. The quantitative estimate of drug-likeness (QED) is 0.847. The highest BCUT2D eigenvalue weighted by Crippen LogP contribution is 2.26. The number of nitrogens with zero attached hydrogens (tertiary/aromatic N) is 6. The predicted octanol–water partition coefficient (Wildman–Crippen LogP) is 1.39. The van der Waals surface area contributed by atoms with E-state index in [-0.39, 0.29) is 11.9 Å². The van der Waals surface area contributed by atoms with E-state index in [2.05, 4.69) is 15.1 Å². The maximum atomic E-state index is 13.1. The van der Waals surface area contributed by atoms with E-state index in [1.165, 1.54) is 12.4 Å². The highest BCUT2D eigenvalue weighted by Gasteiger charge is 2.28. The van der Waals surface area contributed by atoms with Gasteiger partial charge in [-0.05, 0) is 18.9 Å². The highest BCUT2D eigenvalue weighted by atomic mass is 19.1. The maximum Gasteiger partial charge on any atom is 0.225 e. The van der Waals surface area contributed by atoms with Crippen molar-refractivity contribution in [2.75, 3.05) is 24.5 Å². The molecule has 0 N–H and O–H groups in total. The van der Waals surface area contributed by atoms with Gasteiger partial charge in [0.15, 0.2) is 5.82 Å². The average molecular weight is 330 g/mol. The molecule has 2 aromatic heterocycles. The summed E-state index contributed by atoms with van der Waals surface area (Å²) in [7, 11) is 0. The van der Waals surface area contributed by atoms with E-state index in [0.717, 1.165) is 31.6 Å². The van der Waals surface area contributed by atoms with Gasteiger partial charge in [-0.25, -0.2) is 14.4 Å². The molecule has 126 valence electrons. The Labute approximate surface area is 139 Å². The Morgan fingerprint density at radius 2 is 2.12 bits per heavy atom. The fourth-order valence-electron chi connectivity index (χ4n) is 3.47. The van der Waals surface area contributed by atoms with Crippen molar-refractivity contribution in [3.63, 3.8) is 0 Å². The minimum absolute atomic E-state index is 0.144. The van der Waals surface area contributed by atoms with Gasteiger partial charge in [0.2, 0.25) is 11.9 Å². The van der Waals surface area contributed by atoms with Crippen LogP contribution in [0.25, 0.3) is 0 Å². The first kappa shape index (κ1) is 15.0. The van der Waals surface area contributed by atoms with E-state index in [0.29, 0.717) is 25.5 Å². The maximum absolute atomic E-state index is 13.1. The Kier molecular flexibility index (Phi) is 3.87. The first-order chi connectivity index (χ1) is 11.7. The third kappa shape index (κ3) is 2.83. The van der Waals surface area contributed by atoms with Crippen LogP contribution < -0.4 is 4.90 Å². The van der Waals surface area contributed by atoms with E-state index in [1.54, 1.807) is 6.20 Å². The number of carbonyl (C=O) groups excluding carboxylic acids is 1. The molecule has 4 rings (SSSR count). The molecule has 1 saturated heterocycles. The van der Waals surface area contributed by atoms with Gasteiger partial charge in [-0.2, -0.15) is 5.10 Å². The summed E-state index contributed by atoms with van der Waals surface area (Å²) >= 11 is 0. The lowest BCUT2D eigenvalue weighted by Crippen LogP contribution is -2.40. The zero-order valence-corrected chi connectivity index (χ0v) is 13.3. The molecule has 1 fully saturated rings. The summed E-state index contributed by atoms with van der Waals surface area (Å²) < 4.78 is 15.1. The predicted molar refractivity (Wildman–Crippen MR) is 84.7 cm³/mol. The molecule has 0 saturated carbocycles. The zero-order valence-electron chi connectivity index (χ0n) is 13.3. The fourth-order valence-corrected chi connectivity index (χ4v) is 3.47. The van der Waals surface area contributed by atoms with E-state index >= 15 is 0 Å². The Balaban J connectivity index is 1.50. The van der Waals surface area contributed by atoms with E-state index < -0.39 is 5.82 Å². The van der Waals surface area contributed by atoms with Crippen LogP contribution in [0.5, 0.6) is 0 Å². The molecule has 7 nitrogen and oxygen atoms in total. The van der Waals surface area contributed by atoms with Crippen LogP contribution in [-0.4, -0.2) is 50.2 Å². The Morgan fingerprint density at radius 1 is 1.29 bits per heavy atom. The molecule has 1 amide bonds. The Morgan fingerprint density at radius 3 is 2.88 bits per heavy atom. The number of aromatic nitrogens is 4. The molecule has 4 heterocycles. The molecule has 1 atom stereocenters. The molecular formula is C16H19FN6O. The van der Waals surface area contributed by atoms with Crippen molar-refractivity contribution in [3.8, 4) is 0 Å². The first-order valence-electron chi connectivity index (χ1n) is 8.23. The van der Waals surface area contributed by atoms with Gasteiger partial charge >= 0.3 is 0 Å². The van der Waals surface area contributed by atoms with Gasteiger partial charge in [0.05, 0.1) is 30.7 Å². The van der Waals surface area contributed by atoms with Crippen LogP contribution in [0, 0.1) is 5.82 Å². The van der Waals surface area contributed by atoms with Crippen LogP contribution in [0.1, 0.15) is 31.0 Å². The summed E-state index contributed by atoms with van der Waals surface area (Å²) in [5, 5.41) is 4.43. The van der Waals surface area contributed by atoms with Crippen molar-refractivity contribution in [2.24, 2.45) is 0 Å². The normalized spacial score (nSPS) is 20.5. The molecule has 0 aliphatic carbocycles. The molecule has 0 aromatic carbocycles. The Bertz CT molecular complexity index is 730. The lowest BCUT2D eigenvalue weighted by atomic mass is 10.1. The van der Waals surface area contributed by atoms with Crippen LogP contribution in [0.2, 0.25) is 0 Å². The molecule has 0 radical (unpaired) electrons. The number of likely N-dealkylation sites (tertiary alicyclic amines) is 1. The third-order valence-electron chi connectivity index (χ3n) is 4.68. The first-order valence-corrected chi connectivity index (χ1v) is 8.23. The highest BCUT2D eigenvalue weighted by molar-refractivity contribution is 5.78. The second-order valence-corrected chi connectivity index (χ2v) is 6.28. The number of rotatable bonds is 4. The van der Waals surface area contributed by atoms with Gasteiger partial charge in [0.25, 0.3) is 0 Å². The molecule has 0 bridgehead atoms. The lowest BCUT2D eigenvalue weighted by molar-refractivity contribution is -0.127.